The summed E-state index contributed by atoms with van der Waals surface area (Å²) in [6.07, 6.45) is 3.58. The summed E-state index contributed by atoms with van der Waals surface area (Å²) in [5.41, 5.74) is 1.35. The van der Waals surface area contributed by atoms with E-state index in [4.69, 9.17) is 0 Å². The molecule has 1 aromatic rings. The number of benzene rings is 1. The lowest BCUT2D eigenvalue weighted by atomic mass is 9.95. The van der Waals surface area contributed by atoms with Gasteiger partial charge in [0.1, 0.15) is 5.75 Å². The standard InChI is InChI=1S/C17H26N2O2/c1-3-19-10-4-5-14(12-19)8-9-18-17(21)15-6-7-16(20)13(2)11-15/h6-7,11,14,20H,3-5,8-10,12H2,1-2H3,(H,18,21). The van der Waals surface area contributed by atoms with Crippen LogP contribution in [-0.2, 0) is 0 Å². The zero-order valence-corrected chi connectivity index (χ0v) is 13.1. The summed E-state index contributed by atoms with van der Waals surface area (Å²) in [7, 11) is 0. The molecule has 1 saturated heterocycles. The first-order valence-corrected chi connectivity index (χ1v) is 7.90. The molecule has 0 aromatic heterocycles. The van der Waals surface area contributed by atoms with E-state index in [1.54, 1.807) is 25.1 Å². The van der Waals surface area contributed by atoms with Crippen LogP contribution in [0.4, 0.5) is 0 Å². The van der Waals surface area contributed by atoms with Crippen LogP contribution >= 0.6 is 0 Å². The fourth-order valence-electron chi connectivity index (χ4n) is 2.96. The van der Waals surface area contributed by atoms with Gasteiger partial charge in [-0.05, 0) is 69.0 Å². The van der Waals surface area contributed by atoms with Crippen molar-refractivity contribution in [2.45, 2.75) is 33.1 Å². The number of phenolic OH excluding ortho intramolecular Hbond substituents is 1. The average Bonchev–Trinajstić information content (AvgIpc) is 2.50. The number of hydrogen-bond acceptors (Lipinski definition) is 3. The smallest absolute Gasteiger partial charge is 0.251 e. The average molecular weight is 290 g/mol. The van der Waals surface area contributed by atoms with Crippen molar-refractivity contribution in [2.75, 3.05) is 26.2 Å². The maximum Gasteiger partial charge on any atom is 0.251 e. The van der Waals surface area contributed by atoms with E-state index in [1.807, 2.05) is 0 Å². The van der Waals surface area contributed by atoms with E-state index >= 15 is 0 Å². The van der Waals surface area contributed by atoms with Crippen molar-refractivity contribution < 1.29 is 9.90 Å². The number of carbonyl (C=O) groups excluding carboxylic acids is 1. The van der Waals surface area contributed by atoms with Gasteiger partial charge < -0.3 is 15.3 Å². The maximum atomic E-state index is 12.1. The van der Waals surface area contributed by atoms with Gasteiger partial charge in [0.25, 0.3) is 5.91 Å². The van der Waals surface area contributed by atoms with Crippen LogP contribution in [0.3, 0.4) is 0 Å². The van der Waals surface area contributed by atoms with Gasteiger partial charge in [0.05, 0.1) is 0 Å². The number of amides is 1. The Hall–Kier alpha value is -1.55. The van der Waals surface area contributed by atoms with Crippen LogP contribution in [0.1, 0.15) is 42.1 Å². The molecule has 2 N–H and O–H groups in total. The Morgan fingerprint density at radius 1 is 1.48 bits per heavy atom. The van der Waals surface area contributed by atoms with Gasteiger partial charge in [0.2, 0.25) is 0 Å². The fraction of sp³-hybridized carbons (Fsp3) is 0.588. The van der Waals surface area contributed by atoms with Gasteiger partial charge >= 0.3 is 0 Å². The number of carbonyl (C=O) groups is 1. The molecular formula is C17H26N2O2. The van der Waals surface area contributed by atoms with Crippen LogP contribution in [-0.4, -0.2) is 42.1 Å². The highest BCUT2D eigenvalue weighted by Crippen LogP contribution is 2.19. The molecule has 2 rings (SSSR count). The molecule has 1 fully saturated rings. The van der Waals surface area contributed by atoms with Crippen molar-refractivity contribution in [1.82, 2.24) is 10.2 Å². The Labute approximate surface area is 127 Å². The summed E-state index contributed by atoms with van der Waals surface area (Å²) in [5, 5.41) is 12.5. The molecule has 1 amide bonds. The molecule has 1 aliphatic rings. The van der Waals surface area contributed by atoms with E-state index in [0.717, 1.165) is 31.6 Å². The minimum Gasteiger partial charge on any atom is -0.508 e. The molecule has 1 atom stereocenters. The quantitative estimate of drug-likeness (QED) is 0.876. The third kappa shape index (κ3) is 4.46. The first-order chi connectivity index (χ1) is 10.1. The van der Waals surface area contributed by atoms with E-state index in [9.17, 15) is 9.90 Å². The zero-order chi connectivity index (χ0) is 15.2. The van der Waals surface area contributed by atoms with Gasteiger partial charge in [-0.25, -0.2) is 0 Å². The lowest BCUT2D eigenvalue weighted by Crippen LogP contribution is -2.36. The molecule has 1 aromatic carbocycles. The number of hydrogen-bond donors (Lipinski definition) is 2. The fourth-order valence-corrected chi connectivity index (χ4v) is 2.96. The molecule has 0 radical (unpaired) electrons. The summed E-state index contributed by atoms with van der Waals surface area (Å²) < 4.78 is 0. The van der Waals surface area contributed by atoms with Crippen molar-refractivity contribution in [3.63, 3.8) is 0 Å². The third-order valence-corrected chi connectivity index (χ3v) is 4.35. The second-order valence-electron chi connectivity index (χ2n) is 5.95. The Bertz CT molecular complexity index is 488. The predicted octanol–water partition coefficient (Wildman–Crippen LogP) is 2.55. The van der Waals surface area contributed by atoms with Crippen LogP contribution in [0.2, 0.25) is 0 Å². The summed E-state index contributed by atoms with van der Waals surface area (Å²) in [6, 6.07) is 4.96. The Morgan fingerprint density at radius 3 is 3.00 bits per heavy atom. The van der Waals surface area contributed by atoms with Crippen LogP contribution in [0, 0.1) is 12.8 Å². The van der Waals surface area contributed by atoms with Gasteiger partial charge in [-0.15, -0.1) is 0 Å². The largest absolute Gasteiger partial charge is 0.508 e. The van der Waals surface area contributed by atoms with Crippen molar-refractivity contribution in [3.05, 3.63) is 29.3 Å². The van der Waals surface area contributed by atoms with Crippen LogP contribution in [0.5, 0.6) is 5.75 Å². The molecule has 116 valence electrons. The van der Waals surface area contributed by atoms with E-state index < -0.39 is 0 Å². The minimum absolute atomic E-state index is 0.0544. The van der Waals surface area contributed by atoms with Gasteiger partial charge in [0, 0.05) is 18.7 Å². The molecule has 1 unspecified atom stereocenters. The molecule has 0 spiro atoms. The Morgan fingerprint density at radius 2 is 2.29 bits per heavy atom. The molecule has 0 aliphatic carbocycles. The number of likely N-dealkylation sites (tertiary alicyclic amines) is 1. The Kier molecular flexibility index (Phi) is 5.62. The molecule has 1 heterocycles. The lowest BCUT2D eigenvalue weighted by molar-refractivity contribution is 0.0947. The normalized spacial score (nSPS) is 19.4. The summed E-state index contributed by atoms with van der Waals surface area (Å²) >= 11 is 0. The topological polar surface area (TPSA) is 52.6 Å². The van der Waals surface area contributed by atoms with Gasteiger partial charge in [-0.1, -0.05) is 6.92 Å². The molecule has 0 saturated carbocycles. The third-order valence-electron chi connectivity index (χ3n) is 4.35. The number of aromatic hydroxyl groups is 1. The maximum absolute atomic E-state index is 12.1. The highest BCUT2D eigenvalue weighted by Gasteiger charge is 2.18. The monoisotopic (exact) mass is 290 g/mol. The van der Waals surface area contributed by atoms with Gasteiger partial charge in [-0.3, -0.25) is 4.79 Å². The van der Waals surface area contributed by atoms with Crippen LogP contribution < -0.4 is 5.32 Å². The minimum atomic E-state index is -0.0544. The van der Waals surface area contributed by atoms with Crippen molar-refractivity contribution in [3.8, 4) is 5.75 Å². The number of phenols is 1. The SMILES string of the molecule is CCN1CCCC(CCNC(=O)c2ccc(O)c(C)c2)C1. The summed E-state index contributed by atoms with van der Waals surface area (Å²) in [5.74, 6) is 0.871. The lowest BCUT2D eigenvalue weighted by Gasteiger charge is -2.31. The van der Waals surface area contributed by atoms with Crippen molar-refractivity contribution in [1.29, 1.82) is 0 Å². The number of aryl methyl sites for hydroxylation is 1. The molecule has 1 aliphatic heterocycles. The van der Waals surface area contributed by atoms with E-state index in [0.29, 0.717) is 11.5 Å². The molecule has 21 heavy (non-hydrogen) atoms. The predicted molar refractivity (Wildman–Crippen MR) is 84.6 cm³/mol. The molecule has 4 nitrogen and oxygen atoms in total. The molecule has 0 bridgehead atoms. The number of piperidine rings is 1. The number of nitrogens with one attached hydrogen (secondary N) is 1. The number of nitrogens with zero attached hydrogens (tertiary/aromatic N) is 1. The van der Waals surface area contributed by atoms with Crippen LogP contribution in [0.25, 0.3) is 0 Å². The highest BCUT2D eigenvalue weighted by molar-refractivity contribution is 5.94. The first-order valence-electron chi connectivity index (χ1n) is 7.90. The van der Waals surface area contributed by atoms with Crippen LogP contribution in [0.15, 0.2) is 18.2 Å². The van der Waals surface area contributed by atoms with Crippen molar-refractivity contribution in [2.24, 2.45) is 5.92 Å². The number of rotatable bonds is 5. The second-order valence-corrected chi connectivity index (χ2v) is 5.95. The summed E-state index contributed by atoms with van der Waals surface area (Å²) in [6.45, 7) is 8.22. The van der Waals surface area contributed by atoms with Crippen molar-refractivity contribution >= 4 is 5.91 Å². The van der Waals surface area contributed by atoms with E-state index in [-0.39, 0.29) is 11.7 Å². The zero-order valence-electron chi connectivity index (χ0n) is 13.1. The molecular weight excluding hydrogens is 264 g/mol. The Balaban J connectivity index is 1.77. The van der Waals surface area contributed by atoms with Gasteiger partial charge in [-0.2, -0.15) is 0 Å². The van der Waals surface area contributed by atoms with Gasteiger partial charge in [0.15, 0.2) is 0 Å². The first kappa shape index (κ1) is 15.8. The highest BCUT2D eigenvalue weighted by atomic mass is 16.3. The summed E-state index contributed by atoms with van der Waals surface area (Å²) in [4.78, 5) is 14.6. The van der Waals surface area contributed by atoms with E-state index in [2.05, 4.69) is 17.1 Å². The van der Waals surface area contributed by atoms with E-state index in [1.165, 1.54) is 19.4 Å². The molecule has 4 heteroatoms. The second kappa shape index (κ2) is 7.46.